The molecule has 1 atom stereocenters. The number of nitrogens with one attached hydrogen (secondary N) is 1. The van der Waals surface area contributed by atoms with Gasteiger partial charge in [0.2, 0.25) is 10.0 Å². The molecule has 21 heavy (non-hydrogen) atoms. The van der Waals surface area contributed by atoms with Crippen LogP contribution < -0.4 is 5.32 Å². The lowest BCUT2D eigenvalue weighted by Gasteiger charge is -2.33. The summed E-state index contributed by atoms with van der Waals surface area (Å²) in [5, 5.41) is 7.43. The van der Waals surface area contributed by atoms with E-state index in [0.29, 0.717) is 19.0 Å². The molecule has 1 unspecified atom stereocenters. The van der Waals surface area contributed by atoms with E-state index in [1.54, 1.807) is 17.5 Å². The van der Waals surface area contributed by atoms with E-state index < -0.39 is 10.0 Å². The second-order valence-corrected chi connectivity index (χ2v) is 8.79. The van der Waals surface area contributed by atoms with Crippen LogP contribution in [0.5, 0.6) is 0 Å². The molecule has 1 aliphatic rings. The van der Waals surface area contributed by atoms with Crippen molar-refractivity contribution < 1.29 is 8.42 Å². The molecule has 6 nitrogen and oxygen atoms in total. The monoisotopic (exact) mass is 314 g/mol. The number of aryl methyl sites for hydroxylation is 1. The van der Waals surface area contributed by atoms with E-state index in [1.807, 2.05) is 0 Å². The molecule has 0 bridgehead atoms. The van der Waals surface area contributed by atoms with Crippen LogP contribution in [-0.4, -0.2) is 47.7 Å². The molecule has 0 saturated carbocycles. The molecule has 0 radical (unpaired) electrons. The molecule has 1 saturated heterocycles. The Morgan fingerprint density at radius 2 is 2.14 bits per heavy atom. The minimum atomic E-state index is -3.41. The fraction of sp³-hybridized carbons (Fsp3) is 0.786. The molecule has 0 aromatic carbocycles. The summed E-state index contributed by atoms with van der Waals surface area (Å²) in [7, 11) is -1.68. The first-order valence-electron chi connectivity index (χ1n) is 7.42. The quantitative estimate of drug-likeness (QED) is 0.907. The van der Waals surface area contributed by atoms with E-state index in [1.165, 1.54) is 10.9 Å². The van der Waals surface area contributed by atoms with Gasteiger partial charge in [-0.2, -0.15) is 9.40 Å². The standard InChI is InChI=1S/C14H26N4O2S/c1-14(2,3)15-8-12-6-5-7-18(10-12)21(19,20)13-9-16-17(4)11-13/h9,11-12,15H,5-8,10H2,1-4H3. The SMILES string of the molecule is Cn1cc(S(=O)(=O)N2CCCC(CNC(C)(C)C)C2)cn1. The fourth-order valence-electron chi connectivity index (χ4n) is 2.54. The van der Waals surface area contributed by atoms with Crippen LogP contribution in [0.25, 0.3) is 0 Å². The van der Waals surface area contributed by atoms with Crippen molar-refractivity contribution in [2.45, 2.75) is 44.0 Å². The van der Waals surface area contributed by atoms with E-state index in [4.69, 9.17) is 0 Å². The highest BCUT2D eigenvalue weighted by Crippen LogP contribution is 2.23. The van der Waals surface area contributed by atoms with E-state index >= 15 is 0 Å². The van der Waals surface area contributed by atoms with Crippen molar-refractivity contribution in [3.63, 3.8) is 0 Å². The third-order valence-corrected chi connectivity index (χ3v) is 5.54. The maximum Gasteiger partial charge on any atom is 0.246 e. The van der Waals surface area contributed by atoms with Gasteiger partial charge in [0.1, 0.15) is 4.90 Å². The van der Waals surface area contributed by atoms with Gasteiger partial charge >= 0.3 is 0 Å². The number of sulfonamides is 1. The molecule has 2 heterocycles. The lowest BCUT2D eigenvalue weighted by atomic mass is 9.98. The third kappa shape index (κ3) is 4.28. The van der Waals surface area contributed by atoms with Gasteiger partial charge < -0.3 is 5.32 Å². The Morgan fingerprint density at radius 3 is 2.71 bits per heavy atom. The van der Waals surface area contributed by atoms with Crippen LogP contribution in [0.15, 0.2) is 17.3 Å². The average molecular weight is 314 g/mol. The van der Waals surface area contributed by atoms with E-state index in [2.05, 4.69) is 31.2 Å². The van der Waals surface area contributed by atoms with Crippen LogP contribution >= 0.6 is 0 Å². The first kappa shape index (κ1) is 16.5. The Kier molecular flexibility index (Phi) is 4.75. The summed E-state index contributed by atoms with van der Waals surface area (Å²) in [6.07, 6.45) is 4.97. The molecule has 1 aliphatic heterocycles. The molecule has 1 aromatic rings. The molecule has 1 N–H and O–H groups in total. The molecular formula is C14H26N4O2S. The van der Waals surface area contributed by atoms with Gasteiger partial charge in [-0.15, -0.1) is 0 Å². The van der Waals surface area contributed by atoms with Crippen LogP contribution in [0, 0.1) is 5.92 Å². The van der Waals surface area contributed by atoms with Gasteiger partial charge in [0.15, 0.2) is 0 Å². The Morgan fingerprint density at radius 1 is 1.43 bits per heavy atom. The topological polar surface area (TPSA) is 67.2 Å². The van der Waals surface area contributed by atoms with Crippen molar-refractivity contribution in [1.29, 1.82) is 0 Å². The Balaban J connectivity index is 2.03. The molecule has 1 fully saturated rings. The van der Waals surface area contributed by atoms with Crippen molar-refractivity contribution in [2.75, 3.05) is 19.6 Å². The fourth-order valence-corrected chi connectivity index (χ4v) is 4.08. The molecular weight excluding hydrogens is 288 g/mol. The maximum absolute atomic E-state index is 12.6. The van der Waals surface area contributed by atoms with Crippen LogP contribution in [0.3, 0.4) is 0 Å². The molecule has 1 aromatic heterocycles. The Bertz CT molecular complexity index is 574. The van der Waals surface area contributed by atoms with Gasteiger partial charge in [0.05, 0.1) is 6.20 Å². The van der Waals surface area contributed by atoms with Crippen molar-refractivity contribution in [3.8, 4) is 0 Å². The predicted octanol–water partition coefficient (Wildman–Crippen LogP) is 1.21. The summed E-state index contributed by atoms with van der Waals surface area (Å²) in [6, 6.07) is 0. The van der Waals surface area contributed by atoms with Gasteiger partial charge in [-0.1, -0.05) is 0 Å². The highest BCUT2D eigenvalue weighted by atomic mass is 32.2. The minimum Gasteiger partial charge on any atom is -0.312 e. The largest absolute Gasteiger partial charge is 0.312 e. The number of aromatic nitrogens is 2. The normalized spacial score (nSPS) is 21.6. The Labute approximate surface area is 127 Å². The number of hydrogen-bond donors (Lipinski definition) is 1. The smallest absolute Gasteiger partial charge is 0.246 e. The summed E-state index contributed by atoms with van der Waals surface area (Å²) in [6.45, 7) is 8.41. The van der Waals surface area contributed by atoms with Crippen LogP contribution in [-0.2, 0) is 17.1 Å². The van der Waals surface area contributed by atoms with Gasteiger partial charge in [-0.05, 0) is 46.1 Å². The third-order valence-electron chi connectivity index (χ3n) is 3.72. The number of rotatable bonds is 4. The van der Waals surface area contributed by atoms with E-state index in [9.17, 15) is 8.42 Å². The predicted molar refractivity (Wildman–Crippen MR) is 82.4 cm³/mol. The summed E-state index contributed by atoms with van der Waals surface area (Å²) in [4.78, 5) is 0.287. The lowest BCUT2D eigenvalue weighted by Crippen LogP contribution is -2.46. The zero-order chi connectivity index (χ0) is 15.7. The van der Waals surface area contributed by atoms with Gasteiger partial charge in [0, 0.05) is 31.9 Å². The number of hydrogen-bond acceptors (Lipinski definition) is 4. The van der Waals surface area contributed by atoms with Crippen LogP contribution in [0.1, 0.15) is 33.6 Å². The first-order valence-corrected chi connectivity index (χ1v) is 8.86. The molecule has 7 heteroatoms. The molecule has 0 aliphatic carbocycles. The van der Waals surface area contributed by atoms with Crippen molar-refractivity contribution in [3.05, 3.63) is 12.4 Å². The van der Waals surface area contributed by atoms with Crippen molar-refractivity contribution in [2.24, 2.45) is 13.0 Å². The number of nitrogens with zero attached hydrogens (tertiary/aromatic N) is 3. The molecule has 120 valence electrons. The zero-order valence-corrected chi connectivity index (χ0v) is 14.2. The molecule has 0 amide bonds. The van der Waals surface area contributed by atoms with Gasteiger partial charge in [0.25, 0.3) is 0 Å². The van der Waals surface area contributed by atoms with Gasteiger partial charge in [-0.25, -0.2) is 8.42 Å². The maximum atomic E-state index is 12.6. The van der Waals surface area contributed by atoms with Crippen LogP contribution in [0.2, 0.25) is 0 Å². The second kappa shape index (κ2) is 6.06. The highest BCUT2D eigenvalue weighted by molar-refractivity contribution is 7.89. The second-order valence-electron chi connectivity index (χ2n) is 6.85. The summed E-state index contributed by atoms with van der Waals surface area (Å²) in [5.41, 5.74) is 0.0600. The summed E-state index contributed by atoms with van der Waals surface area (Å²) >= 11 is 0. The van der Waals surface area contributed by atoms with Crippen molar-refractivity contribution in [1.82, 2.24) is 19.4 Å². The number of piperidine rings is 1. The zero-order valence-electron chi connectivity index (χ0n) is 13.3. The Hall–Kier alpha value is -0.920. The highest BCUT2D eigenvalue weighted by Gasteiger charge is 2.31. The van der Waals surface area contributed by atoms with Crippen LogP contribution in [0.4, 0.5) is 0 Å². The average Bonchev–Trinajstić information content (AvgIpc) is 2.83. The first-order chi connectivity index (χ1) is 9.68. The molecule has 0 spiro atoms. The summed E-state index contributed by atoms with van der Waals surface area (Å²) in [5.74, 6) is 0.365. The van der Waals surface area contributed by atoms with E-state index in [-0.39, 0.29) is 10.4 Å². The molecule has 2 rings (SSSR count). The van der Waals surface area contributed by atoms with E-state index in [0.717, 1.165) is 19.4 Å². The minimum absolute atomic E-state index is 0.0600. The lowest BCUT2D eigenvalue weighted by molar-refractivity contribution is 0.245. The van der Waals surface area contributed by atoms with Crippen molar-refractivity contribution >= 4 is 10.0 Å². The van der Waals surface area contributed by atoms with Gasteiger partial charge in [-0.3, -0.25) is 4.68 Å². The summed E-state index contributed by atoms with van der Waals surface area (Å²) < 4.78 is 28.3.